The Labute approximate surface area is 125 Å². The quantitative estimate of drug-likeness (QED) is 0.641. The average molecular weight is 271 g/mol. The highest BCUT2D eigenvalue weighted by Crippen LogP contribution is 2.37. The molecule has 0 bridgehead atoms. The van der Waals surface area contributed by atoms with Gasteiger partial charge in [-0.15, -0.1) is 0 Å². The molecule has 0 saturated heterocycles. The topological polar surface area (TPSA) is 12.0 Å². The molecule has 102 valence electrons. The lowest BCUT2D eigenvalue weighted by atomic mass is 9.98. The van der Waals surface area contributed by atoms with Crippen LogP contribution in [0.4, 0.5) is 11.4 Å². The van der Waals surface area contributed by atoms with Gasteiger partial charge in [0.05, 0.1) is 0 Å². The first-order chi connectivity index (χ1) is 10.4. The zero-order valence-corrected chi connectivity index (χ0v) is 11.8. The van der Waals surface area contributed by atoms with Gasteiger partial charge < -0.3 is 5.32 Å². The zero-order chi connectivity index (χ0) is 14.1. The van der Waals surface area contributed by atoms with E-state index in [1.165, 1.54) is 33.6 Å². The summed E-state index contributed by atoms with van der Waals surface area (Å²) in [6.07, 6.45) is 2.18. The van der Waals surface area contributed by atoms with Crippen molar-refractivity contribution in [3.63, 3.8) is 0 Å². The Kier molecular flexibility index (Phi) is 2.97. The number of anilines is 2. The Hall–Kier alpha value is -2.54. The van der Waals surface area contributed by atoms with E-state index < -0.39 is 0 Å². The van der Waals surface area contributed by atoms with Crippen molar-refractivity contribution in [1.29, 1.82) is 0 Å². The first-order valence-electron chi connectivity index (χ1n) is 7.44. The third-order valence-corrected chi connectivity index (χ3v) is 4.18. The summed E-state index contributed by atoms with van der Waals surface area (Å²) in [5.41, 5.74) is 7.83. The van der Waals surface area contributed by atoms with Crippen LogP contribution in [0.3, 0.4) is 0 Å². The van der Waals surface area contributed by atoms with E-state index in [-0.39, 0.29) is 0 Å². The van der Waals surface area contributed by atoms with Crippen LogP contribution in [-0.2, 0) is 12.8 Å². The molecule has 0 fully saturated rings. The second kappa shape index (κ2) is 5.10. The van der Waals surface area contributed by atoms with Crippen LogP contribution in [0.5, 0.6) is 0 Å². The minimum absolute atomic E-state index is 1.08. The largest absolute Gasteiger partial charge is 0.355 e. The summed E-state index contributed by atoms with van der Waals surface area (Å²) in [5.74, 6) is 0. The van der Waals surface area contributed by atoms with Gasteiger partial charge in [0.2, 0.25) is 0 Å². The Morgan fingerprint density at radius 1 is 0.619 bits per heavy atom. The summed E-state index contributed by atoms with van der Waals surface area (Å²) in [6, 6.07) is 25.8. The van der Waals surface area contributed by atoms with Gasteiger partial charge in [-0.25, -0.2) is 0 Å². The summed E-state index contributed by atoms with van der Waals surface area (Å²) in [7, 11) is 0. The van der Waals surface area contributed by atoms with Gasteiger partial charge in [-0.3, -0.25) is 0 Å². The van der Waals surface area contributed by atoms with Crippen molar-refractivity contribution in [3.05, 3.63) is 83.9 Å². The van der Waals surface area contributed by atoms with Crippen LogP contribution in [0, 0.1) is 0 Å². The van der Waals surface area contributed by atoms with Crippen LogP contribution in [0.1, 0.15) is 11.1 Å². The second-order valence-corrected chi connectivity index (χ2v) is 5.49. The van der Waals surface area contributed by atoms with Gasteiger partial charge in [0.15, 0.2) is 0 Å². The molecule has 1 aliphatic rings. The third kappa shape index (κ3) is 2.21. The van der Waals surface area contributed by atoms with Gasteiger partial charge in [0.25, 0.3) is 0 Å². The molecule has 0 aliphatic carbocycles. The minimum atomic E-state index is 1.08. The van der Waals surface area contributed by atoms with E-state index >= 15 is 0 Å². The van der Waals surface area contributed by atoms with E-state index in [4.69, 9.17) is 0 Å². The molecule has 1 aliphatic heterocycles. The summed E-state index contributed by atoms with van der Waals surface area (Å²) in [4.78, 5) is 0. The number of hydrogen-bond donors (Lipinski definition) is 1. The minimum Gasteiger partial charge on any atom is -0.355 e. The standard InChI is InChI=1S/C20H17N/c1-2-7-15(8-3-1)18-11-6-10-17-14-13-16-9-4-5-12-19(16)21-20(17)18/h1-12,21H,13-14H2. The van der Waals surface area contributed by atoms with Crippen LogP contribution in [-0.4, -0.2) is 0 Å². The third-order valence-electron chi connectivity index (χ3n) is 4.18. The van der Waals surface area contributed by atoms with Crippen LogP contribution < -0.4 is 5.32 Å². The maximum absolute atomic E-state index is 3.67. The smallest absolute Gasteiger partial charge is 0.0496 e. The van der Waals surface area contributed by atoms with Crippen molar-refractivity contribution in [1.82, 2.24) is 0 Å². The van der Waals surface area contributed by atoms with Crippen molar-refractivity contribution in [2.75, 3.05) is 5.32 Å². The predicted octanol–water partition coefficient (Wildman–Crippen LogP) is 5.20. The van der Waals surface area contributed by atoms with Gasteiger partial charge in [-0.2, -0.15) is 0 Å². The molecular formula is C20H17N. The summed E-state index contributed by atoms with van der Waals surface area (Å²) in [6.45, 7) is 0. The second-order valence-electron chi connectivity index (χ2n) is 5.49. The highest BCUT2D eigenvalue weighted by atomic mass is 14.9. The van der Waals surface area contributed by atoms with Crippen LogP contribution >= 0.6 is 0 Å². The molecule has 4 rings (SSSR count). The highest BCUT2D eigenvalue weighted by Gasteiger charge is 2.15. The van der Waals surface area contributed by atoms with Gasteiger partial charge in [0.1, 0.15) is 0 Å². The Morgan fingerprint density at radius 2 is 1.33 bits per heavy atom. The number of aryl methyl sites for hydroxylation is 2. The molecule has 0 unspecified atom stereocenters. The number of benzene rings is 3. The number of hydrogen-bond acceptors (Lipinski definition) is 1. The molecule has 1 heteroatoms. The van der Waals surface area contributed by atoms with Crippen molar-refractivity contribution in [2.45, 2.75) is 12.8 Å². The first kappa shape index (κ1) is 12.2. The van der Waals surface area contributed by atoms with E-state index in [1.807, 2.05) is 0 Å². The number of nitrogens with one attached hydrogen (secondary N) is 1. The number of fused-ring (bicyclic) bond motifs is 2. The predicted molar refractivity (Wildman–Crippen MR) is 89.0 cm³/mol. The Bertz CT molecular complexity index is 775. The van der Waals surface area contributed by atoms with Gasteiger partial charge in [0, 0.05) is 16.9 Å². The van der Waals surface area contributed by atoms with Gasteiger partial charge in [-0.05, 0) is 35.6 Å². The Morgan fingerprint density at radius 3 is 2.24 bits per heavy atom. The number of rotatable bonds is 1. The van der Waals surface area contributed by atoms with E-state index in [0.717, 1.165) is 12.8 Å². The van der Waals surface area contributed by atoms with Crippen molar-refractivity contribution >= 4 is 11.4 Å². The van der Waals surface area contributed by atoms with Crippen LogP contribution in [0.15, 0.2) is 72.8 Å². The Balaban J connectivity index is 1.88. The number of para-hydroxylation sites is 2. The average Bonchev–Trinajstić information content (AvgIpc) is 2.74. The van der Waals surface area contributed by atoms with E-state index in [1.54, 1.807) is 0 Å². The molecule has 1 nitrogen and oxygen atoms in total. The normalized spacial score (nSPS) is 12.8. The lowest BCUT2D eigenvalue weighted by Gasteiger charge is -2.15. The molecule has 21 heavy (non-hydrogen) atoms. The molecule has 3 aromatic carbocycles. The first-order valence-corrected chi connectivity index (χ1v) is 7.44. The zero-order valence-electron chi connectivity index (χ0n) is 11.8. The van der Waals surface area contributed by atoms with E-state index in [9.17, 15) is 0 Å². The molecule has 0 aromatic heterocycles. The van der Waals surface area contributed by atoms with E-state index in [2.05, 4.69) is 78.1 Å². The SMILES string of the molecule is c1ccc(-c2cccc3c2Nc2ccccc2CC3)cc1. The summed E-state index contributed by atoms with van der Waals surface area (Å²) < 4.78 is 0. The monoisotopic (exact) mass is 271 g/mol. The molecule has 0 spiro atoms. The highest BCUT2D eigenvalue weighted by molar-refractivity contribution is 5.84. The van der Waals surface area contributed by atoms with Crippen LogP contribution in [0.2, 0.25) is 0 Å². The molecular weight excluding hydrogens is 254 g/mol. The maximum atomic E-state index is 3.67. The van der Waals surface area contributed by atoms with Crippen molar-refractivity contribution < 1.29 is 0 Å². The lowest BCUT2D eigenvalue weighted by molar-refractivity contribution is 0.978. The van der Waals surface area contributed by atoms with Crippen molar-refractivity contribution in [2.24, 2.45) is 0 Å². The molecule has 3 aromatic rings. The maximum Gasteiger partial charge on any atom is 0.0496 e. The fourth-order valence-corrected chi connectivity index (χ4v) is 3.08. The molecule has 1 heterocycles. The molecule has 1 N–H and O–H groups in total. The van der Waals surface area contributed by atoms with Crippen LogP contribution in [0.25, 0.3) is 11.1 Å². The van der Waals surface area contributed by atoms with E-state index in [0.29, 0.717) is 0 Å². The van der Waals surface area contributed by atoms with Gasteiger partial charge >= 0.3 is 0 Å². The summed E-state index contributed by atoms with van der Waals surface area (Å²) >= 11 is 0. The van der Waals surface area contributed by atoms with Crippen molar-refractivity contribution in [3.8, 4) is 11.1 Å². The lowest BCUT2D eigenvalue weighted by Crippen LogP contribution is -1.96. The fourth-order valence-electron chi connectivity index (χ4n) is 3.08. The van der Waals surface area contributed by atoms with Gasteiger partial charge in [-0.1, -0.05) is 66.7 Å². The fraction of sp³-hybridized carbons (Fsp3) is 0.100. The molecule has 0 amide bonds. The molecule has 0 atom stereocenters. The summed E-state index contributed by atoms with van der Waals surface area (Å²) in [5, 5.41) is 3.67. The molecule has 0 saturated carbocycles. The molecule has 0 radical (unpaired) electrons.